The van der Waals surface area contributed by atoms with Crippen LogP contribution in [0.3, 0.4) is 0 Å². The second-order valence-electron chi connectivity index (χ2n) is 4.30. The van der Waals surface area contributed by atoms with Crippen molar-refractivity contribution >= 4 is 15.9 Å². The van der Waals surface area contributed by atoms with Gasteiger partial charge in [0, 0.05) is 11.9 Å². The van der Waals surface area contributed by atoms with Crippen LogP contribution in [0.2, 0.25) is 0 Å². The van der Waals surface area contributed by atoms with E-state index in [9.17, 15) is 0 Å². The van der Waals surface area contributed by atoms with E-state index in [4.69, 9.17) is 0 Å². The number of rotatable bonds is 11. The summed E-state index contributed by atoms with van der Waals surface area (Å²) in [5.41, 5.74) is 0. The van der Waals surface area contributed by atoms with Gasteiger partial charge in [-0.2, -0.15) is 0 Å². The Hall–Kier alpha value is 0.440. The van der Waals surface area contributed by atoms with Gasteiger partial charge in [-0.1, -0.05) is 61.9 Å². The van der Waals surface area contributed by atoms with E-state index in [0.717, 1.165) is 5.33 Å². The molecule has 0 fully saturated rings. The van der Waals surface area contributed by atoms with E-state index in [1.165, 1.54) is 64.6 Å². The summed E-state index contributed by atoms with van der Waals surface area (Å²) in [6, 6.07) is 0. The molecule has 0 bridgehead atoms. The summed E-state index contributed by atoms with van der Waals surface area (Å²) in [6.07, 6.45) is 9.72. The van der Waals surface area contributed by atoms with Crippen molar-refractivity contribution in [2.24, 2.45) is 0 Å². The van der Waals surface area contributed by atoms with Crippen molar-refractivity contribution in [3.8, 4) is 0 Å². The Bertz CT molecular complexity index is 111. The van der Waals surface area contributed by atoms with Crippen LogP contribution in [-0.2, 0) is 0 Å². The topological polar surface area (TPSA) is 3.24 Å². The maximum atomic E-state index is 3.52. The summed E-state index contributed by atoms with van der Waals surface area (Å²) in [6.45, 7) is 8.32. The van der Waals surface area contributed by atoms with Gasteiger partial charge in [-0.05, 0) is 25.9 Å². The molecule has 0 aliphatic heterocycles. The van der Waals surface area contributed by atoms with Crippen LogP contribution in [-0.4, -0.2) is 29.9 Å². The fourth-order valence-corrected chi connectivity index (χ4v) is 2.39. The Labute approximate surface area is 105 Å². The molecular formula is C13H28BrN. The predicted molar refractivity (Wildman–Crippen MR) is 73.9 cm³/mol. The molecule has 1 nitrogen and oxygen atoms in total. The third-order valence-corrected chi connectivity index (χ3v) is 3.12. The zero-order valence-electron chi connectivity index (χ0n) is 10.6. The number of alkyl halides is 1. The molecule has 0 unspecified atom stereocenters. The van der Waals surface area contributed by atoms with E-state index in [1.807, 2.05) is 0 Å². The van der Waals surface area contributed by atoms with Gasteiger partial charge in [0.1, 0.15) is 0 Å². The molecule has 0 amide bonds. The smallest absolute Gasteiger partial charge is 0.0159 e. The largest absolute Gasteiger partial charge is 0.303 e. The van der Waals surface area contributed by atoms with E-state index in [0.29, 0.717) is 0 Å². The van der Waals surface area contributed by atoms with Gasteiger partial charge in [-0.15, -0.1) is 0 Å². The van der Waals surface area contributed by atoms with Crippen molar-refractivity contribution in [1.82, 2.24) is 4.90 Å². The first-order chi connectivity index (χ1) is 7.35. The van der Waals surface area contributed by atoms with Crippen molar-refractivity contribution in [3.05, 3.63) is 0 Å². The zero-order chi connectivity index (χ0) is 11.4. The van der Waals surface area contributed by atoms with Crippen molar-refractivity contribution in [2.45, 2.75) is 58.8 Å². The van der Waals surface area contributed by atoms with Gasteiger partial charge in [0.15, 0.2) is 0 Å². The van der Waals surface area contributed by atoms with Crippen LogP contribution in [0.4, 0.5) is 0 Å². The molecule has 0 spiro atoms. The Morgan fingerprint density at radius 3 is 2.00 bits per heavy atom. The first kappa shape index (κ1) is 15.4. The fourth-order valence-electron chi connectivity index (χ4n) is 1.89. The highest BCUT2D eigenvalue weighted by molar-refractivity contribution is 9.09. The minimum absolute atomic E-state index is 1.11. The van der Waals surface area contributed by atoms with Crippen molar-refractivity contribution < 1.29 is 0 Å². The third kappa shape index (κ3) is 10.7. The minimum Gasteiger partial charge on any atom is -0.303 e. The van der Waals surface area contributed by atoms with E-state index in [1.54, 1.807) is 0 Å². The van der Waals surface area contributed by atoms with Gasteiger partial charge in [-0.25, -0.2) is 0 Å². The average Bonchev–Trinajstić information content (AvgIpc) is 2.24. The molecule has 0 heterocycles. The second-order valence-corrected chi connectivity index (χ2v) is 5.09. The summed E-state index contributed by atoms with van der Waals surface area (Å²) < 4.78 is 0. The number of nitrogens with zero attached hydrogens (tertiary/aromatic N) is 1. The summed E-state index contributed by atoms with van der Waals surface area (Å²) >= 11 is 3.52. The SMILES string of the molecule is CCCCCCCCN(CCC)CCBr. The lowest BCUT2D eigenvalue weighted by molar-refractivity contribution is 0.284. The maximum absolute atomic E-state index is 3.52. The molecule has 0 aromatic heterocycles. The normalized spacial score (nSPS) is 11.2. The highest BCUT2D eigenvalue weighted by Crippen LogP contribution is 2.06. The second kappa shape index (κ2) is 12.5. The summed E-state index contributed by atoms with van der Waals surface area (Å²) in [5.74, 6) is 0. The molecule has 0 aromatic rings. The van der Waals surface area contributed by atoms with Gasteiger partial charge < -0.3 is 4.90 Å². The molecule has 2 heteroatoms. The van der Waals surface area contributed by atoms with Crippen LogP contribution in [0.15, 0.2) is 0 Å². The molecule has 92 valence electrons. The number of unbranched alkanes of at least 4 members (excludes halogenated alkanes) is 5. The highest BCUT2D eigenvalue weighted by Gasteiger charge is 2.01. The van der Waals surface area contributed by atoms with Crippen LogP contribution in [0.25, 0.3) is 0 Å². The van der Waals surface area contributed by atoms with E-state index in [2.05, 4.69) is 34.7 Å². The molecule has 0 aliphatic carbocycles. The Kier molecular flexibility index (Phi) is 12.9. The molecule has 0 N–H and O–H groups in total. The lowest BCUT2D eigenvalue weighted by atomic mass is 10.1. The van der Waals surface area contributed by atoms with Crippen LogP contribution in [0.5, 0.6) is 0 Å². The van der Waals surface area contributed by atoms with Gasteiger partial charge in [-0.3, -0.25) is 0 Å². The molecular weight excluding hydrogens is 250 g/mol. The van der Waals surface area contributed by atoms with Crippen LogP contribution >= 0.6 is 15.9 Å². The lowest BCUT2D eigenvalue weighted by Crippen LogP contribution is -2.27. The highest BCUT2D eigenvalue weighted by atomic mass is 79.9. The predicted octanol–water partition coefficient (Wildman–Crippen LogP) is 4.45. The van der Waals surface area contributed by atoms with E-state index in [-0.39, 0.29) is 0 Å². The summed E-state index contributed by atoms with van der Waals surface area (Å²) in [4.78, 5) is 2.58. The molecule has 0 aromatic carbocycles. The lowest BCUT2D eigenvalue weighted by Gasteiger charge is -2.20. The molecule has 0 radical (unpaired) electrons. The molecule has 0 aliphatic rings. The van der Waals surface area contributed by atoms with Crippen LogP contribution in [0, 0.1) is 0 Å². The standard InChI is InChI=1S/C13H28BrN/c1-3-5-6-7-8-9-12-15(11-4-2)13-10-14/h3-13H2,1-2H3. The maximum Gasteiger partial charge on any atom is 0.0159 e. The molecule has 15 heavy (non-hydrogen) atoms. The van der Waals surface area contributed by atoms with Crippen molar-refractivity contribution in [1.29, 1.82) is 0 Å². The summed E-state index contributed by atoms with van der Waals surface area (Å²) in [5, 5.41) is 1.11. The number of halogens is 1. The van der Waals surface area contributed by atoms with Crippen LogP contribution in [0.1, 0.15) is 58.8 Å². The Morgan fingerprint density at radius 1 is 0.733 bits per heavy atom. The number of hydrogen-bond acceptors (Lipinski definition) is 1. The van der Waals surface area contributed by atoms with Gasteiger partial charge in [0.25, 0.3) is 0 Å². The zero-order valence-corrected chi connectivity index (χ0v) is 12.2. The van der Waals surface area contributed by atoms with Gasteiger partial charge in [0.05, 0.1) is 0 Å². The molecule has 0 atom stereocenters. The van der Waals surface area contributed by atoms with Crippen molar-refractivity contribution in [3.63, 3.8) is 0 Å². The molecule has 0 saturated carbocycles. The fraction of sp³-hybridized carbons (Fsp3) is 1.00. The third-order valence-electron chi connectivity index (χ3n) is 2.77. The molecule has 0 saturated heterocycles. The van der Waals surface area contributed by atoms with Crippen molar-refractivity contribution in [2.75, 3.05) is 25.0 Å². The van der Waals surface area contributed by atoms with E-state index < -0.39 is 0 Å². The Morgan fingerprint density at radius 2 is 1.40 bits per heavy atom. The quantitative estimate of drug-likeness (QED) is 0.398. The van der Waals surface area contributed by atoms with Gasteiger partial charge >= 0.3 is 0 Å². The molecule has 0 rings (SSSR count). The Balaban J connectivity index is 3.28. The first-order valence-electron chi connectivity index (χ1n) is 6.63. The number of hydrogen-bond donors (Lipinski definition) is 0. The van der Waals surface area contributed by atoms with E-state index >= 15 is 0 Å². The van der Waals surface area contributed by atoms with Gasteiger partial charge in [0.2, 0.25) is 0 Å². The van der Waals surface area contributed by atoms with Crippen LogP contribution < -0.4 is 0 Å². The summed E-state index contributed by atoms with van der Waals surface area (Å²) in [7, 11) is 0. The average molecular weight is 278 g/mol. The monoisotopic (exact) mass is 277 g/mol. The first-order valence-corrected chi connectivity index (χ1v) is 7.75. The minimum atomic E-state index is 1.11.